The highest BCUT2D eigenvalue weighted by Gasteiger charge is 2.35. The number of esters is 1. The van der Waals surface area contributed by atoms with Crippen LogP contribution < -0.4 is 20.7 Å². The highest BCUT2D eigenvalue weighted by atomic mass is 35.5. The lowest BCUT2D eigenvalue weighted by atomic mass is 9.93. The summed E-state index contributed by atoms with van der Waals surface area (Å²) in [4.78, 5) is 68.1. The molecular formula is C39H53ClN4O8S. The maximum Gasteiger partial charge on any atom is 0.314 e. The molecule has 14 heteroatoms. The SMILES string of the molecule is COc1ccc(CC(NC(=O)/C=C/CC(O)C(C)/C=C/c2cccnc2)C(=O)NCC(C)(C)C(=O)OC(CC(C)C)C(=O)SCCNC(C)=O)cc1Cl. The van der Waals surface area contributed by atoms with Gasteiger partial charge in [0.25, 0.3) is 0 Å². The van der Waals surface area contributed by atoms with Crippen LogP contribution in [0.25, 0.3) is 6.08 Å². The standard InChI is InChI=1S/C39H53ClN4O8S/c1-25(2)20-34(37(49)53-19-18-42-27(4)45)52-38(50)39(5,6)24-43-36(48)31(22-29-15-16-33(51-7)30(40)21-29)44-35(47)12-8-11-32(46)26(3)13-14-28-10-9-17-41-23-28/h8-10,12-17,21,23,25-26,31-32,34,46H,11,18-20,22,24H2,1-7H3,(H,42,45)(H,43,48)(H,44,47)/b12-8+,14-13+. The number of thioether (sulfide) groups is 1. The van der Waals surface area contributed by atoms with E-state index in [1.807, 2.05) is 45.1 Å². The van der Waals surface area contributed by atoms with Crippen molar-refractivity contribution >= 4 is 58.2 Å². The maximum absolute atomic E-state index is 13.6. The molecule has 0 saturated heterocycles. The van der Waals surface area contributed by atoms with Gasteiger partial charge in [-0.05, 0) is 68.0 Å². The summed E-state index contributed by atoms with van der Waals surface area (Å²) in [6.45, 7) is 10.4. The fourth-order valence-electron chi connectivity index (χ4n) is 4.78. The molecule has 1 aromatic carbocycles. The van der Waals surface area contributed by atoms with Gasteiger partial charge in [-0.15, -0.1) is 0 Å². The predicted octanol–water partition coefficient (Wildman–Crippen LogP) is 4.92. The molecule has 4 atom stereocenters. The molecule has 3 amide bonds. The Morgan fingerprint density at radius 2 is 1.83 bits per heavy atom. The van der Waals surface area contributed by atoms with Gasteiger partial charge in [0, 0.05) is 50.5 Å². The first-order chi connectivity index (χ1) is 25.0. The molecule has 4 N–H and O–H groups in total. The topological polar surface area (TPSA) is 173 Å². The molecule has 53 heavy (non-hydrogen) atoms. The number of nitrogens with one attached hydrogen (secondary N) is 3. The number of carbonyl (C=O) groups excluding carboxylic acids is 5. The van der Waals surface area contributed by atoms with Crippen LogP contribution >= 0.6 is 23.4 Å². The predicted molar refractivity (Wildman–Crippen MR) is 208 cm³/mol. The third kappa shape index (κ3) is 17.0. The van der Waals surface area contributed by atoms with Crippen LogP contribution in [0, 0.1) is 17.3 Å². The summed E-state index contributed by atoms with van der Waals surface area (Å²) < 4.78 is 10.9. The molecule has 1 aromatic heterocycles. The van der Waals surface area contributed by atoms with E-state index >= 15 is 0 Å². The fourth-order valence-corrected chi connectivity index (χ4v) is 5.80. The van der Waals surface area contributed by atoms with Gasteiger partial charge >= 0.3 is 5.97 Å². The summed E-state index contributed by atoms with van der Waals surface area (Å²) in [5.41, 5.74) is 0.317. The molecule has 0 aliphatic rings. The average Bonchev–Trinajstić information content (AvgIpc) is 3.10. The molecule has 0 aliphatic heterocycles. The smallest absolute Gasteiger partial charge is 0.314 e. The summed E-state index contributed by atoms with van der Waals surface area (Å²) in [5, 5.41) is 18.7. The average molecular weight is 773 g/mol. The second-order valence-corrected chi connectivity index (χ2v) is 15.2. The number of aliphatic hydroxyl groups is 1. The Labute approximate surface area is 321 Å². The largest absolute Gasteiger partial charge is 0.495 e. The van der Waals surface area contributed by atoms with Crippen molar-refractivity contribution in [3.8, 4) is 5.75 Å². The first kappa shape index (κ1) is 45.0. The number of nitrogens with zero attached hydrogens (tertiary/aromatic N) is 1. The van der Waals surface area contributed by atoms with Gasteiger partial charge in [-0.1, -0.05) is 74.5 Å². The summed E-state index contributed by atoms with van der Waals surface area (Å²) in [5.74, 6) is -1.36. The number of methoxy groups -OCH3 is 1. The lowest BCUT2D eigenvalue weighted by molar-refractivity contribution is -0.162. The molecule has 0 radical (unpaired) electrons. The number of rotatable bonds is 21. The van der Waals surface area contributed by atoms with Crippen molar-refractivity contribution in [3.63, 3.8) is 0 Å². The number of benzene rings is 1. The Bertz CT molecular complexity index is 1580. The van der Waals surface area contributed by atoms with Crippen molar-refractivity contribution in [2.75, 3.05) is 26.0 Å². The second kappa shape index (κ2) is 22.8. The number of aromatic nitrogens is 1. The number of pyridine rings is 1. The van der Waals surface area contributed by atoms with Crippen LogP contribution in [-0.4, -0.2) is 83.1 Å². The maximum atomic E-state index is 13.6. The Morgan fingerprint density at radius 3 is 2.45 bits per heavy atom. The number of halogens is 1. The lowest BCUT2D eigenvalue weighted by Gasteiger charge is -2.27. The molecule has 0 spiro atoms. The number of amides is 3. The number of carbonyl (C=O) groups is 5. The van der Waals surface area contributed by atoms with Gasteiger partial charge in [0.1, 0.15) is 11.8 Å². The van der Waals surface area contributed by atoms with Gasteiger partial charge in [-0.2, -0.15) is 0 Å². The van der Waals surface area contributed by atoms with Gasteiger partial charge in [0.2, 0.25) is 22.8 Å². The number of aliphatic hydroxyl groups excluding tert-OH is 1. The van der Waals surface area contributed by atoms with E-state index in [0.717, 1.165) is 17.3 Å². The van der Waals surface area contributed by atoms with Gasteiger partial charge in [-0.25, -0.2) is 0 Å². The van der Waals surface area contributed by atoms with Crippen molar-refractivity contribution in [2.24, 2.45) is 17.3 Å². The minimum atomic E-state index is -1.23. The molecule has 1 heterocycles. The molecular weight excluding hydrogens is 720 g/mol. The first-order valence-electron chi connectivity index (χ1n) is 17.5. The van der Waals surface area contributed by atoms with Crippen molar-refractivity contribution < 1.29 is 38.6 Å². The highest BCUT2D eigenvalue weighted by Crippen LogP contribution is 2.26. The van der Waals surface area contributed by atoms with E-state index in [9.17, 15) is 29.1 Å². The van der Waals surface area contributed by atoms with Gasteiger partial charge in [-0.3, -0.25) is 29.0 Å². The third-order valence-electron chi connectivity index (χ3n) is 7.99. The fraction of sp³-hybridized carbons (Fsp3) is 0.487. The van der Waals surface area contributed by atoms with E-state index < -0.39 is 41.4 Å². The van der Waals surface area contributed by atoms with Crippen molar-refractivity contribution in [1.29, 1.82) is 0 Å². The molecule has 290 valence electrons. The van der Waals surface area contributed by atoms with Gasteiger partial charge in [0.15, 0.2) is 6.10 Å². The van der Waals surface area contributed by atoms with E-state index in [2.05, 4.69) is 20.9 Å². The Morgan fingerprint density at radius 1 is 1.09 bits per heavy atom. The van der Waals surface area contributed by atoms with Crippen LogP contribution in [-0.2, 0) is 35.1 Å². The summed E-state index contributed by atoms with van der Waals surface area (Å²) in [7, 11) is 1.49. The van der Waals surface area contributed by atoms with E-state index in [-0.39, 0.29) is 42.2 Å². The highest BCUT2D eigenvalue weighted by molar-refractivity contribution is 8.13. The summed E-state index contributed by atoms with van der Waals surface area (Å²) >= 11 is 7.31. The normalized spacial score (nSPS) is 14.0. The minimum Gasteiger partial charge on any atom is -0.495 e. The molecule has 12 nitrogen and oxygen atoms in total. The van der Waals surface area contributed by atoms with Crippen LogP contribution in [0.2, 0.25) is 5.02 Å². The summed E-state index contributed by atoms with van der Waals surface area (Å²) in [6.07, 6.45) is 8.75. The molecule has 2 rings (SSSR count). The molecule has 0 aliphatic carbocycles. The lowest BCUT2D eigenvalue weighted by Crippen LogP contribution is -2.51. The van der Waals surface area contributed by atoms with E-state index in [0.29, 0.717) is 35.1 Å². The van der Waals surface area contributed by atoms with Crippen molar-refractivity contribution in [1.82, 2.24) is 20.9 Å². The molecule has 0 fully saturated rings. The van der Waals surface area contributed by atoms with Gasteiger partial charge in [0.05, 0.1) is 23.7 Å². The number of hydrogen-bond donors (Lipinski definition) is 4. The Balaban J connectivity index is 2.11. The van der Waals surface area contributed by atoms with Crippen molar-refractivity contribution in [2.45, 2.75) is 79.1 Å². The molecule has 0 bridgehead atoms. The molecule has 2 aromatic rings. The van der Waals surface area contributed by atoms with E-state index in [4.69, 9.17) is 21.1 Å². The van der Waals surface area contributed by atoms with Crippen LogP contribution in [0.4, 0.5) is 0 Å². The zero-order valence-electron chi connectivity index (χ0n) is 31.5. The van der Waals surface area contributed by atoms with Crippen LogP contribution in [0.1, 0.15) is 65.5 Å². The molecule has 0 saturated carbocycles. The Hall–Kier alpha value is -4.20. The van der Waals surface area contributed by atoms with Crippen LogP contribution in [0.15, 0.2) is 61.0 Å². The monoisotopic (exact) mass is 772 g/mol. The van der Waals surface area contributed by atoms with Crippen LogP contribution in [0.5, 0.6) is 5.75 Å². The Kier molecular flexibility index (Phi) is 19.3. The van der Waals surface area contributed by atoms with Crippen molar-refractivity contribution in [3.05, 3.63) is 77.1 Å². The van der Waals surface area contributed by atoms with Crippen LogP contribution in [0.3, 0.4) is 0 Å². The first-order valence-corrected chi connectivity index (χ1v) is 18.8. The summed E-state index contributed by atoms with van der Waals surface area (Å²) in [6, 6.07) is 7.68. The van der Waals surface area contributed by atoms with E-state index in [1.165, 1.54) is 20.1 Å². The third-order valence-corrected chi connectivity index (χ3v) is 9.25. The molecule has 4 unspecified atom stereocenters. The minimum absolute atomic E-state index is 0.0568. The van der Waals surface area contributed by atoms with E-state index in [1.54, 1.807) is 50.5 Å². The second-order valence-electron chi connectivity index (χ2n) is 13.7. The van der Waals surface area contributed by atoms with Gasteiger partial charge < -0.3 is 30.5 Å². The zero-order chi connectivity index (χ0) is 39.6. The number of hydrogen-bond acceptors (Lipinski definition) is 10. The quantitative estimate of drug-likeness (QED) is 0.0775. The number of ether oxygens (including phenoxy) is 2. The zero-order valence-corrected chi connectivity index (χ0v) is 33.1.